The Bertz CT molecular complexity index is 774. The van der Waals surface area contributed by atoms with Crippen molar-refractivity contribution in [2.75, 3.05) is 32.8 Å². The molecule has 0 spiro atoms. The van der Waals surface area contributed by atoms with Crippen molar-refractivity contribution in [3.8, 4) is 11.5 Å². The van der Waals surface area contributed by atoms with Crippen molar-refractivity contribution < 1.29 is 14.3 Å². The number of benzene rings is 2. The Kier molecular flexibility index (Phi) is 4.93. The highest BCUT2D eigenvalue weighted by molar-refractivity contribution is 5.96. The van der Waals surface area contributed by atoms with Crippen LogP contribution in [0.2, 0.25) is 0 Å². The summed E-state index contributed by atoms with van der Waals surface area (Å²) in [6.45, 7) is 6.29. The van der Waals surface area contributed by atoms with Gasteiger partial charge in [0, 0.05) is 37.5 Å². The minimum Gasteiger partial charge on any atom is -0.486 e. The number of nitrogens with zero attached hydrogens (tertiary/aromatic N) is 1. The number of likely N-dealkylation sites (tertiary alicyclic amines) is 1. The third-order valence-corrected chi connectivity index (χ3v) is 5.43. The van der Waals surface area contributed by atoms with Gasteiger partial charge in [-0.25, -0.2) is 0 Å². The van der Waals surface area contributed by atoms with E-state index in [0.29, 0.717) is 42.8 Å². The molecule has 0 bridgehead atoms. The number of ether oxygens (including phenoxy) is 2. The second-order valence-corrected chi connectivity index (χ2v) is 7.29. The van der Waals surface area contributed by atoms with Crippen LogP contribution in [0, 0.1) is 5.92 Å². The van der Waals surface area contributed by atoms with Crippen molar-refractivity contribution in [1.82, 2.24) is 4.90 Å². The summed E-state index contributed by atoms with van der Waals surface area (Å²) < 4.78 is 11.1. The monoisotopic (exact) mass is 351 g/mol. The minimum atomic E-state index is 0.165. The number of hydrogen-bond donors (Lipinski definition) is 0. The van der Waals surface area contributed by atoms with E-state index < -0.39 is 0 Å². The molecule has 136 valence electrons. The van der Waals surface area contributed by atoms with Crippen LogP contribution < -0.4 is 9.47 Å². The Balaban J connectivity index is 1.35. The first-order valence-corrected chi connectivity index (χ1v) is 9.41. The molecule has 2 heterocycles. The maximum Gasteiger partial charge on any atom is 0.164 e. The summed E-state index contributed by atoms with van der Waals surface area (Å²) >= 11 is 0. The molecule has 0 aliphatic carbocycles. The fourth-order valence-electron chi connectivity index (χ4n) is 4.00. The molecule has 2 atom stereocenters. The predicted molar refractivity (Wildman–Crippen MR) is 101 cm³/mol. The van der Waals surface area contributed by atoms with Crippen LogP contribution in [0.1, 0.15) is 35.2 Å². The Hall–Kier alpha value is -2.33. The highest BCUT2D eigenvalue weighted by Gasteiger charge is 2.30. The van der Waals surface area contributed by atoms with Crippen molar-refractivity contribution in [2.24, 2.45) is 5.92 Å². The molecule has 0 radical (unpaired) electrons. The zero-order valence-corrected chi connectivity index (χ0v) is 15.2. The van der Waals surface area contributed by atoms with Crippen LogP contribution in [-0.2, 0) is 0 Å². The molecule has 0 unspecified atom stereocenters. The molecular weight excluding hydrogens is 326 g/mol. The van der Waals surface area contributed by atoms with Crippen LogP contribution in [0.4, 0.5) is 0 Å². The number of carbonyl (C=O) groups excluding carboxylic acids is 1. The lowest BCUT2D eigenvalue weighted by Crippen LogP contribution is -2.24. The van der Waals surface area contributed by atoms with Crippen molar-refractivity contribution in [1.29, 1.82) is 0 Å². The molecule has 4 rings (SSSR count). The maximum absolute atomic E-state index is 12.6. The molecule has 1 saturated heterocycles. The molecule has 4 heteroatoms. The largest absolute Gasteiger partial charge is 0.486 e. The van der Waals surface area contributed by atoms with Crippen LogP contribution in [0.25, 0.3) is 0 Å². The summed E-state index contributed by atoms with van der Waals surface area (Å²) in [6.07, 6.45) is 0.536. The molecule has 4 nitrogen and oxygen atoms in total. The average Bonchev–Trinajstić information content (AvgIpc) is 3.07. The van der Waals surface area contributed by atoms with Gasteiger partial charge in [0.15, 0.2) is 17.3 Å². The van der Waals surface area contributed by atoms with Gasteiger partial charge in [-0.1, -0.05) is 37.3 Å². The number of fused-ring (bicyclic) bond motifs is 1. The number of carbonyl (C=O) groups is 1. The van der Waals surface area contributed by atoms with Gasteiger partial charge < -0.3 is 14.4 Å². The van der Waals surface area contributed by atoms with E-state index in [1.54, 1.807) is 0 Å². The summed E-state index contributed by atoms with van der Waals surface area (Å²) in [5.41, 5.74) is 2.11. The Morgan fingerprint density at radius 3 is 2.62 bits per heavy atom. The van der Waals surface area contributed by atoms with E-state index in [0.717, 1.165) is 25.4 Å². The minimum absolute atomic E-state index is 0.165. The van der Waals surface area contributed by atoms with Crippen LogP contribution >= 0.6 is 0 Å². The Morgan fingerprint density at radius 2 is 1.81 bits per heavy atom. The highest BCUT2D eigenvalue weighted by atomic mass is 16.6. The Morgan fingerprint density at radius 1 is 1.04 bits per heavy atom. The first kappa shape index (κ1) is 17.1. The molecule has 2 aromatic carbocycles. The number of rotatable bonds is 5. The normalized spacial score (nSPS) is 22.3. The van der Waals surface area contributed by atoms with E-state index in [1.807, 2.05) is 18.2 Å². The number of Topliss-reactive ketones (excluding diaryl/α,β-unsaturated/α-hetero) is 1. The highest BCUT2D eigenvalue weighted by Crippen LogP contribution is 2.33. The second kappa shape index (κ2) is 7.50. The summed E-state index contributed by atoms with van der Waals surface area (Å²) in [6, 6.07) is 16.2. The first-order chi connectivity index (χ1) is 12.7. The molecule has 0 aromatic heterocycles. The lowest BCUT2D eigenvalue weighted by molar-refractivity contribution is 0.0967. The number of hydrogen-bond acceptors (Lipinski definition) is 4. The molecule has 2 aromatic rings. The van der Waals surface area contributed by atoms with Gasteiger partial charge in [0.25, 0.3) is 0 Å². The fraction of sp³-hybridized carbons (Fsp3) is 0.409. The van der Waals surface area contributed by atoms with E-state index in [9.17, 15) is 4.79 Å². The van der Waals surface area contributed by atoms with E-state index in [2.05, 4.69) is 42.2 Å². The van der Waals surface area contributed by atoms with Crippen LogP contribution in [0.5, 0.6) is 11.5 Å². The summed E-state index contributed by atoms with van der Waals surface area (Å²) in [7, 11) is 0. The molecule has 0 N–H and O–H groups in total. The zero-order chi connectivity index (χ0) is 17.9. The second-order valence-electron chi connectivity index (χ2n) is 7.29. The molecule has 2 aliphatic rings. The molecule has 0 saturated carbocycles. The lowest BCUT2D eigenvalue weighted by Gasteiger charge is -2.19. The predicted octanol–water partition coefficient (Wildman–Crippen LogP) is 3.77. The first-order valence-electron chi connectivity index (χ1n) is 9.41. The smallest absolute Gasteiger partial charge is 0.164 e. The van der Waals surface area contributed by atoms with Crippen molar-refractivity contribution in [2.45, 2.75) is 19.3 Å². The maximum atomic E-state index is 12.6. The van der Waals surface area contributed by atoms with E-state index in [4.69, 9.17) is 9.47 Å². The third kappa shape index (κ3) is 3.61. The van der Waals surface area contributed by atoms with Crippen LogP contribution in [0.3, 0.4) is 0 Å². The SMILES string of the molecule is C[C@@H]1CN(CCC(=O)c2ccc3c(c2)OCCO3)C[C@H]1c1ccccc1. The van der Waals surface area contributed by atoms with Gasteiger partial charge in [-0.2, -0.15) is 0 Å². The van der Waals surface area contributed by atoms with Gasteiger partial charge in [-0.15, -0.1) is 0 Å². The summed E-state index contributed by atoms with van der Waals surface area (Å²) in [4.78, 5) is 15.0. The molecule has 2 aliphatic heterocycles. The van der Waals surface area contributed by atoms with Crippen LogP contribution in [-0.4, -0.2) is 43.5 Å². The summed E-state index contributed by atoms with van der Waals surface area (Å²) in [5, 5.41) is 0. The van der Waals surface area contributed by atoms with Gasteiger partial charge in [-0.3, -0.25) is 4.79 Å². The van der Waals surface area contributed by atoms with Crippen LogP contribution in [0.15, 0.2) is 48.5 Å². The average molecular weight is 351 g/mol. The molecular formula is C22H25NO3. The lowest BCUT2D eigenvalue weighted by atomic mass is 9.90. The molecule has 26 heavy (non-hydrogen) atoms. The molecule has 0 amide bonds. The Labute approximate surface area is 154 Å². The van der Waals surface area contributed by atoms with Gasteiger partial charge in [0.2, 0.25) is 0 Å². The van der Waals surface area contributed by atoms with Gasteiger partial charge >= 0.3 is 0 Å². The van der Waals surface area contributed by atoms with E-state index in [1.165, 1.54) is 5.56 Å². The standard InChI is InChI=1S/C22H25NO3/c1-16-14-23(15-19(16)17-5-3-2-4-6-17)10-9-20(24)18-7-8-21-22(13-18)26-12-11-25-21/h2-8,13,16,19H,9-12,14-15H2,1H3/t16-,19-/m1/s1. The van der Waals surface area contributed by atoms with E-state index >= 15 is 0 Å². The van der Waals surface area contributed by atoms with Crippen molar-refractivity contribution in [3.63, 3.8) is 0 Å². The molecule has 1 fully saturated rings. The zero-order valence-electron chi connectivity index (χ0n) is 15.2. The number of ketones is 1. The van der Waals surface area contributed by atoms with Gasteiger partial charge in [0.1, 0.15) is 13.2 Å². The van der Waals surface area contributed by atoms with Crippen molar-refractivity contribution in [3.05, 3.63) is 59.7 Å². The third-order valence-electron chi connectivity index (χ3n) is 5.43. The van der Waals surface area contributed by atoms with Gasteiger partial charge in [0.05, 0.1) is 0 Å². The van der Waals surface area contributed by atoms with Crippen molar-refractivity contribution >= 4 is 5.78 Å². The van der Waals surface area contributed by atoms with Gasteiger partial charge in [-0.05, 0) is 29.7 Å². The topological polar surface area (TPSA) is 38.8 Å². The van der Waals surface area contributed by atoms with E-state index in [-0.39, 0.29) is 5.78 Å². The summed E-state index contributed by atoms with van der Waals surface area (Å²) in [5.74, 6) is 2.74. The quantitative estimate of drug-likeness (QED) is 0.769. The fourth-order valence-corrected chi connectivity index (χ4v) is 4.00.